The Morgan fingerprint density at radius 1 is 1.36 bits per heavy atom. The fraction of sp³-hybridized carbons (Fsp3) is 0.857. The summed E-state index contributed by atoms with van der Waals surface area (Å²) in [6, 6.07) is 0. The number of hydrogen-bond acceptors (Lipinski definition) is 4. The minimum absolute atomic E-state index is 0.0492. The lowest BCUT2D eigenvalue weighted by Crippen LogP contribution is -2.20. The van der Waals surface area contributed by atoms with Gasteiger partial charge in [-0.25, -0.2) is 0 Å². The Labute approximate surface area is 75.4 Å². The van der Waals surface area contributed by atoms with Crippen molar-refractivity contribution in [1.82, 2.24) is 0 Å². The number of carbonyl (C=O) groups excluding carboxylic acids is 1. The van der Waals surface area contributed by atoms with E-state index >= 15 is 0 Å². The van der Waals surface area contributed by atoms with E-state index in [1.54, 1.807) is 0 Å². The van der Waals surface area contributed by atoms with Gasteiger partial charge in [0.1, 0.15) is 0 Å². The Balaban J connectivity index is 2.36. The van der Waals surface area contributed by atoms with Crippen molar-refractivity contribution in [3.05, 3.63) is 0 Å². The zero-order valence-corrected chi connectivity index (χ0v) is 8.17. The predicted octanol–water partition coefficient (Wildman–Crippen LogP) is 1.26. The molecule has 4 heteroatoms. The molecule has 1 aliphatic rings. The minimum atomic E-state index is -0.0492. The number of esters is 1. The molecule has 1 fully saturated rings. The maximum atomic E-state index is 11.1. The monoisotopic (exact) mass is 192 g/mol. The molecule has 1 saturated heterocycles. The molecule has 2 nitrogen and oxygen atoms in total. The topological polar surface area (TPSA) is 26.3 Å². The summed E-state index contributed by atoms with van der Waals surface area (Å²) < 4.78 is 4.68. The van der Waals surface area contributed by atoms with Crippen molar-refractivity contribution in [3.8, 4) is 0 Å². The number of carbonyl (C=O) groups is 1. The number of rotatable bonds is 1. The van der Waals surface area contributed by atoms with Gasteiger partial charge in [-0.1, -0.05) is 0 Å². The first-order valence-corrected chi connectivity index (χ1v) is 5.89. The first-order valence-electron chi connectivity index (χ1n) is 3.58. The number of thioether (sulfide) groups is 2. The Hall–Kier alpha value is 0.170. The molecular weight excluding hydrogens is 180 g/mol. The van der Waals surface area contributed by atoms with Gasteiger partial charge >= 0.3 is 5.97 Å². The lowest BCUT2D eigenvalue weighted by atomic mass is 10.2. The van der Waals surface area contributed by atoms with Crippen molar-refractivity contribution >= 4 is 29.5 Å². The average molecular weight is 192 g/mol. The smallest absolute Gasteiger partial charge is 0.310 e. The second-order valence-corrected chi connectivity index (χ2v) is 4.67. The molecule has 0 unspecified atom stereocenters. The van der Waals surface area contributed by atoms with Crippen molar-refractivity contribution < 1.29 is 9.53 Å². The van der Waals surface area contributed by atoms with E-state index in [0.717, 1.165) is 23.0 Å². The zero-order chi connectivity index (χ0) is 8.10. The van der Waals surface area contributed by atoms with Gasteiger partial charge in [-0.2, -0.15) is 23.5 Å². The molecule has 0 spiro atoms. The summed E-state index contributed by atoms with van der Waals surface area (Å²) in [6.07, 6.45) is 0. The summed E-state index contributed by atoms with van der Waals surface area (Å²) in [5.41, 5.74) is 0. The summed E-state index contributed by atoms with van der Waals surface area (Å²) >= 11 is 3.69. The van der Waals surface area contributed by atoms with Gasteiger partial charge in [-0.3, -0.25) is 4.79 Å². The van der Waals surface area contributed by atoms with Gasteiger partial charge in [0.25, 0.3) is 0 Å². The fourth-order valence-electron chi connectivity index (χ4n) is 0.920. The molecule has 64 valence electrons. The Morgan fingerprint density at radius 2 is 1.91 bits per heavy atom. The number of methoxy groups -OCH3 is 1. The summed E-state index contributed by atoms with van der Waals surface area (Å²) in [4.78, 5) is 11.1. The maximum absolute atomic E-state index is 11.1. The molecule has 0 aromatic heterocycles. The van der Waals surface area contributed by atoms with Crippen LogP contribution in [0.4, 0.5) is 0 Å². The molecular formula is C7H12O2S2. The largest absolute Gasteiger partial charge is 0.469 e. The van der Waals surface area contributed by atoms with Crippen molar-refractivity contribution in [1.29, 1.82) is 0 Å². The van der Waals surface area contributed by atoms with E-state index in [1.165, 1.54) is 7.11 Å². The van der Waals surface area contributed by atoms with Gasteiger partial charge in [-0.05, 0) is 0 Å². The molecule has 1 rings (SSSR count). The Bertz CT molecular complexity index is 130. The summed E-state index contributed by atoms with van der Waals surface area (Å²) in [5, 5.41) is 0. The maximum Gasteiger partial charge on any atom is 0.310 e. The molecule has 0 bridgehead atoms. The second-order valence-electron chi connectivity index (χ2n) is 2.37. The normalized spacial score (nSPS) is 20.8. The standard InChI is InChI=1S/C7H12O2S2/c1-9-7(8)6-4-10-2-3-11-5-6/h6H,2-5H2,1H3. The SMILES string of the molecule is COC(=O)C1CSCCSC1. The van der Waals surface area contributed by atoms with E-state index in [9.17, 15) is 4.79 Å². The van der Waals surface area contributed by atoms with E-state index in [4.69, 9.17) is 0 Å². The quantitative estimate of drug-likeness (QED) is 0.584. The number of ether oxygens (including phenoxy) is 1. The molecule has 0 aromatic rings. The third-order valence-corrected chi connectivity index (χ3v) is 4.06. The van der Waals surface area contributed by atoms with E-state index in [2.05, 4.69) is 4.74 Å². The van der Waals surface area contributed by atoms with Gasteiger partial charge in [0, 0.05) is 23.0 Å². The highest BCUT2D eigenvalue weighted by atomic mass is 32.2. The van der Waals surface area contributed by atoms with Crippen LogP contribution in [0.2, 0.25) is 0 Å². The second kappa shape index (κ2) is 4.93. The van der Waals surface area contributed by atoms with Crippen LogP contribution in [0.25, 0.3) is 0 Å². The van der Waals surface area contributed by atoms with Gasteiger partial charge < -0.3 is 4.74 Å². The molecule has 1 heterocycles. The van der Waals surface area contributed by atoms with Gasteiger partial charge in [-0.15, -0.1) is 0 Å². The molecule has 0 N–H and O–H groups in total. The molecule has 0 radical (unpaired) electrons. The molecule has 0 saturated carbocycles. The highest BCUT2D eigenvalue weighted by molar-refractivity contribution is 8.03. The van der Waals surface area contributed by atoms with Crippen LogP contribution in [0.1, 0.15) is 0 Å². The summed E-state index contributed by atoms with van der Waals surface area (Å²) in [7, 11) is 1.46. The van der Waals surface area contributed by atoms with E-state index in [-0.39, 0.29) is 11.9 Å². The Kier molecular flexibility index (Phi) is 4.15. The van der Waals surface area contributed by atoms with E-state index in [0.29, 0.717) is 0 Å². The third-order valence-electron chi connectivity index (χ3n) is 1.54. The molecule has 11 heavy (non-hydrogen) atoms. The van der Waals surface area contributed by atoms with Crippen LogP contribution in [-0.2, 0) is 9.53 Å². The van der Waals surface area contributed by atoms with Gasteiger partial charge in [0.05, 0.1) is 13.0 Å². The summed E-state index contributed by atoms with van der Waals surface area (Å²) in [5.74, 6) is 4.26. The van der Waals surface area contributed by atoms with Gasteiger partial charge in [0.15, 0.2) is 0 Å². The average Bonchev–Trinajstić information content (AvgIpc) is 2.30. The lowest BCUT2D eigenvalue weighted by Gasteiger charge is -2.08. The van der Waals surface area contributed by atoms with Gasteiger partial charge in [0.2, 0.25) is 0 Å². The van der Waals surface area contributed by atoms with Crippen LogP contribution >= 0.6 is 23.5 Å². The summed E-state index contributed by atoms with van der Waals surface area (Å²) in [6.45, 7) is 0. The van der Waals surface area contributed by atoms with Crippen LogP contribution in [-0.4, -0.2) is 36.1 Å². The fourth-order valence-corrected chi connectivity index (χ4v) is 3.42. The molecule has 0 atom stereocenters. The first-order chi connectivity index (χ1) is 5.34. The molecule has 0 aromatic carbocycles. The first kappa shape index (κ1) is 9.26. The lowest BCUT2D eigenvalue weighted by molar-refractivity contribution is -0.143. The van der Waals surface area contributed by atoms with E-state index < -0.39 is 0 Å². The Morgan fingerprint density at radius 3 is 2.36 bits per heavy atom. The van der Waals surface area contributed by atoms with E-state index in [1.807, 2.05) is 23.5 Å². The van der Waals surface area contributed by atoms with Crippen molar-refractivity contribution in [2.24, 2.45) is 5.92 Å². The highest BCUT2D eigenvalue weighted by Crippen LogP contribution is 2.21. The van der Waals surface area contributed by atoms with Crippen LogP contribution in [0.15, 0.2) is 0 Å². The van der Waals surface area contributed by atoms with Crippen molar-refractivity contribution in [2.45, 2.75) is 0 Å². The predicted molar refractivity (Wildman–Crippen MR) is 50.2 cm³/mol. The molecule has 0 aliphatic carbocycles. The third kappa shape index (κ3) is 2.95. The van der Waals surface area contributed by atoms with Crippen LogP contribution in [0, 0.1) is 5.92 Å². The van der Waals surface area contributed by atoms with Crippen LogP contribution in [0.3, 0.4) is 0 Å². The zero-order valence-electron chi connectivity index (χ0n) is 6.54. The van der Waals surface area contributed by atoms with Crippen LogP contribution < -0.4 is 0 Å². The highest BCUT2D eigenvalue weighted by Gasteiger charge is 2.20. The molecule has 1 aliphatic heterocycles. The van der Waals surface area contributed by atoms with Crippen molar-refractivity contribution in [2.75, 3.05) is 30.1 Å². The van der Waals surface area contributed by atoms with Crippen LogP contribution in [0.5, 0.6) is 0 Å². The van der Waals surface area contributed by atoms with Crippen molar-refractivity contribution in [3.63, 3.8) is 0 Å². The minimum Gasteiger partial charge on any atom is -0.469 e. The number of hydrogen-bond donors (Lipinski definition) is 0. The molecule has 0 amide bonds.